The fourth-order valence-corrected chi connectivity index (χ4v) is 9.22. The highest BCUT2D eigenvalue weighted by Crippen LogP contribution is 2.37. The van der Waals surface area contributed by atoms with Crippen molar-refractivity contribution in [3.63, 3.8) is 0 Å². The summed E-state index contributed by atoms with van der Waals surface area (Å²) >= 11 is 7.35. The van der Waals surface area contributed by atoms with E-state index in [-0.39, 0.29) is 10.9 Å². The SMILES string of the molecule is CC(=O)[O-].Ic1cc(I)c([S+](c2ccccc2)c2ccccc2)c(I)c1. The van der Waals surface area contributed by atoms with E-state index in [0.29, 0.717) is 0 Å². The molecule has 0 bridgehead atoms. The van der Waals surface area contributed by atoms with Gasteiger partial charge in [-0.2, -0.15) is 0 Å². The molecule has 0 radical (unpaired) electrons. The number of rotatable bonds is 3. The zero-order valence-electron chi connectivity index (χ0n) is 13.8. The molecule has 0 aliphatic heterocycles. The number of benzene rings is 3. The average molecular weight is 700 g/mol. The normalized spacial score (nSPS) is 10.2. The van der Waals surface area contributed by atoms with Gasteiger partial charge in [-0.3, -0.25) is 0 Å². The molecule has 6 heteroatoms. The lowest BCUT2D eigenvalue weighted by atomic mass is 10.4. The third-order valence-electron chi connectivity index (χ3n) is 3.12. The lowest BCUT2D eigenvalue weighted by Gasteiger charge is -2.11. The molecule has 0 N–H and O–H groups in total. The van der Waals surface area contributed by atoms with Gasteiger partial charge in [-0.15, -0.1) is 0 Å². The van der Waals surface area contributed by atoms with Gasteiger partial charge in [0.2, 0.25) is 0 Å². The Morgan fingerprint density at radius 3 is 1.50 bits per heavy atom. The van der Waals surface area contributed by atoms with Crippen LogP contribution in [-0.2, 0) is 15.7 Å². The van der Waals surface area contributed by atoms with Crippen LogP contribution in [-0.4, -0.2) is 5.97 Å². The number of carboxylic acid groups (broad SMARTS) is 1. The first-order valence-corrected chi connectivity index (χ1v) is 12.0. The van der Waals surface area contributed by atoms with Crippen molar-refractivity contribution in [3.8, 4) is 0 Å². The minimum absolute atomic E-state index is 0.0644. The Kier molecular flexibility index (Phi) is 9.18. The number of hydrogen-bond acceptors (Lipinski definition) is 2. The van der Waals surface area contributed by atoms with Crippen molar-refractivity contribution in [3.05, 3.63) is 83.5 Å². The Bertz CT molecular complexity index is 804. The third kappa shape index (κ3) is 6.38. The van der Waals surface area contributed by atoms with Crippen molar-refractivity contribution in [2.45, 2.75) is 21.6 Å². The smallest absolute Gasteiger partial charge is 0.193 e. The van der Waals surface area contributed by atoms with E-state index in [0.717, 1.165) is 6.92 Å². The summed E-state index contributed by atoms with van der Waals surface area (Å²) in [7, 11) is -0.0644. The minimum Gasteiger partial charge on any atom is -0.550 e. The van der Waals surface area contributed by atoms with E-state index in [1.165, 1.54) is 25.4 Å². The number of halogens is 3. The second kappa shape index (κ2) is 10.9. The molecule has 0 saturated carbocycles. The topological polar surface area (TPSA) is 40.1 Å². The molecule has 0 spiro atoms. The first-order valence-electron chi connectivity index (χ1n) is 7.56. The lowest BCUT2D eigenvalue weighted by molar-refractivity contribution is -0.302. The van der Waals surface area contributed by atoms with Crippen LogP contribution in [0.4, 0.5) is 0 Å². The first kappa shape index (κ1) is 22.0. The van der Waals surface area contributed by atoms with Crippen LogP contribution in [0.15, 0.2) is 87.5 Å². The van der Waals surface area contributed by atoms with Gasteiger partial charge in [0.1, 0.15) is 10.9 Å². The van der Waals surface area contributed by atoms with Crippen molar-refractivity contribution in [2.75, 3.05) is 0 Å². The highest BCUT2D eigenvalue weighted by molar-refractivity contribution is 14.1. The van der Waals surface area contributed by atoms with E-state index < -0.39 is 5.97 Å². The predicted molar refractivity (Wildman–Crippen MR) is 130 cm³/mol. The molecule has 2 nitrogen and oxygen atoms in total. The summed E-state index contributed by atoms with van der Waals surface area (Å²) < 4.78 is 3.97. The number of carboxylic acids is 1. The fraction of sp³-hybridized carbons (Fsp3) is 0.0500. The number of aliphatic carboxylic acids is 1. The molecule has 3 rings (SSSR count). The molecule has 0 amide bonds. The summed E-state index contributed by atoms with van der Waals surface area (Å²) in [6.07, 6.45) is 0. The zero-order chi connectivity index (χ0) is 19.1. The van der Waals surface area contributed by atoms with Gasteiger partial charge in [-0.1, -0.05) is 36.4 Å². The van der Waals surface area contributed by atoms with Crippen LogP contribution in [0.2, 0.25) is 0 Å². The third-order valence-corrected chi connectivity index (χ3v) is 8.52. The molecule has 0 aromatic heterocycles. The summed E-state index contributed by atoms with van der Waals surface area (Å²) in [5.41, 5.74) is 0. The van der Waals surface area contributed by atoms with Crippen LogP contribution < -0.4 is 5.11 Å². The predicted octanol–water partition coefficient (Wildman–Crippen LogP) is 5.35. The Balaban J connectivity index is 0.000000552. The average Bonchev–Trinajstić information content (AvgIpc) is 2.59. The second-order valence-corrected chi connectivity index (χ2v) is 10.7. The maximum Gasteiger partial charge on any atom is 0.193 e. The molecule has 134 valence electrons. The first-order chi connectivity index (χ1) is 12.4. The summed E-state index contributed by atoms with van der Waals surface area (Å²) in [4.78, 5) is 13.1. The highest BCUT2D eigenvalue weighted by atomic mass is 127. The van der Waals surface area contributed by atoms with Gasteiger partial charge in [0.25, 0.3) is 0 Å². The van der Waals surface area contributed by atoms with Crippen LogP contribution in [0.3, 0.4) is 0 Å². The Morgan fingerprint density at radius 1 is 0.808 bits per heavy atom. The molecule has 0 unspecified atom stereocenters. The monoisotopic (exact) mass is 700 g/mol. The van der Waals surface area contributed by atoms with Gasteiger partial charge < -0.3 is 9.90 Å². The number of carbonyl (C=O) groups excluding carboxylic acids is 1. The van der Waals surface area contributed by atoms with Gasteiger partial charge >= 0.3 is 0 Å². The number of hydrogen-bond donors (Lipinski definition) is 0. The van der Waals surface area contributed by atoms with Gasteiger partial charge in [-0.25, -0.2) is 0 Å². The summed E-state index contributed by atoms with van der Waals surface area (Å²) in [5, 5.41) is 8.89. The van der Waals surface area contributed by atoms with E-state index in [2.05, 4.69) is 141 Å². The van der Waals surface area contributed by atoms with Crippen LogP contribution in [0.1, 0.15) is 6.92 Å². The largest absolute Gasteiger partial charge is 0.550 e. The molecule has 26 heavy (non-hydrogen) atoms. The molecular weight excluding hydrogens is 685 g/mol. The fourth-order valence-electron chi connectivity index (χ4n) is 2.21. The van der Waals surface area contributed by atoms with E-state index >= 15 is 0 Å². The van der Waals surface area contributed by atoms with Gasteiger partial charge in [0.05, 0.1) is 7.14 Å². The van der Waals surface area contributed by atoms with Crippen molar-refractivity contribution < 1.29 is 9.90 Å². The van der Waals surface area contributed by atoms with Crippen molar-refractivity contribution in [1.82, 2.24) is 0 Å². The van der Waals surface area contributed by atoms with E-state index in [1.807, 2.05) is 0 Å². The molecule has 0 aliphatic rings. The quantitative estimate of drug-likeness (QED) is 0.273. The van der Waals surface area contributed by atoms with Gasteiger partial charge in [0.15, 0.2) is 14.7 Å². The molecule has 0 fully saturated rings. The zero-order valence-corrected chi connectivity index (χ0v) is 21.1. The summed E-state index contributed by atoms with van der Waals surface area (Å²) in [5.74, 6) is -1.08. The van der Waals surface area contributed by atoms with E-state index in [1.54, 1.807) is 0 Å². The van der Waals surface area contributed by atoms with Crippen molar-refractivity contribution >= 4 is 84.6 Å². The summed E-state index contributed by atoms with van der Waals surface area (Å²) in [6.45, 7) is 0.972. The second-order valence-electron chi connectivity index (χ2n) is 5.12. The summed E-state index contributed by atoms with van der Waals surface area (Å²) in [6, 6.07) is 26.2. The molecular formula is C20H15I3O2S. The number of carbonyl (C=O) groups is 1. The highest BCUT2D eigenvalue weighted by Gasteiger charge is 2.33. The van der Waals surface area contributed by atoms with E-state index in [9.17, 15) is 0 Å². The maximum atomic E-state index is 8.89. The molecule has 0 atom stereocenters. The molecule has 3 aromatic rings. The molecule has 0 saturated heterocycles. The van der Waals surface area contributed by atoms with Gasteiger partial charge in [0, 0.05) is 9.54 Å². The van der Waals surface area contributed by atoms with Crippen LogP contribution in [0.5, 0.6) is 0 Å². The standard InChI is InChI=1S/C18H12I3S.C2H4O2/c19-13-11-16(20)18(17(21)12-13)22(14-7-3-1-4-8-14)15-9-5-2-6-10-15;1-2(3)4/h1-12H;1H3,(H,3,4)/q+1;/p-1. The Hall–Kier alpha value is -0.330. The molecule has 0 aliphatic carbocycles. The minimum atomic E-state index is -1.08. The maximum absolute atomic E-state index is 8.89. The Labute approximate surface area is 197 Å². The van der Waals surface area contributed by atoms with Crippen LogP contribution >= 0.6 is 67.8 Å². The van der Waals surface area contributed by atoms with Gasteiger partial charge in [-0.05, 0) is 111 Å². The van der Waals surface area contributed by atoms with Crippen molar-refractivity contribution in [2.24, 2.45) is 0 Å². The van der Waals surface area contributed by atoms with Crippen LogP contribution in [0, 0.1) is 10.7 Å². The molecule has 0 heterocycles. The van der Waals surface area contributed by atoms with E-state index in [4.69, 9.17) is 9.90 Å². The lowest BCUT2D eigenvalue weighted by Crippen LogP contribution is -2.16. The van der Waals surface area contributed by atoms with Crippen molar-refractivity contribution in [1.29, 1.82) is 0 Å². The Morgan fingerprint density at radius 2 is 1.15 bits per heavy atom. The van der Waals surface area contributed by atoms with Crippen LogP contribution in [0.25, 0.3) is 0 Å². The molecule has 3 aromatic carbocycles.